The molecule has 0 aromatic heterocycles. The lowest BCUT2D eigenvalue weighted by molar-refractivity contribution is -0.384. The molecule has 2 heterocycles. The number of carbonyl (C=O) groups excluding carboxylic acids is 1. The standard InChI is InChI=1S/C23H28N4O6S/c1-2-18-3-5-19(6-4-18)23(28)25-11-9-24(10-12-25)21-8-7-20(17-22(21)27(29)30)34(31,32)26-13-15-33-16-14-26/h3-8,17H,2,9-16H2,1H3. The van der Waals surface area contributed by atoms with Gasteiger partial charge in [-0.25, -0.2) is 8.42 Å². The highest BCUT2D eigenvalue weighted by Gasteiger charge is 2.31. The van der Waals surface area contributed by atoms with Crippen LogP contribution in [0.5, 0.6) is 0 Å². The van der Waals surface area contributed by atoms with Crippen LogP contribution in [-0.2, 0) is 21.2 Å². The highest BCUT2D eigenvalue weighted by molar-refractivity contribution is 7.89. The summed E-state index contributed by atoms with van der Waals surface area (Å²) in [6, 6.07) is 11.6. The molecule has 0 N–H and O–H groups in total. The summed E-state index contributed by atoms with van der Waals surface area (Å²) in [5, 5.41) is 11.8. The molecule has 1 amide bonds. The Morgan fingerprint density at radius 2 is 1.65 bits per heavy atom. The quantitative estimate of drug-likeness (QED) is 0.452. The Morgan fingerprint density at radius 1 is 1.00 bits per heavy atom. The first-order chi connectivity index (χ1) is 16.3. The number of nitro benzene ring substituents is 1. The van der Waals surface area contributed by atoms with E-state index in [9.17, 15) is 23.3 Å². The molecule has 0 radical (unpaired) electrons. The number of morpholine rings is 1. The van der Waals surface area contributed by atoms with E-state index in [0.29, 0.717) is 50.6 Å². The average molecular weight is 489 g/mol. The number of ether oxygens (including phenoxy) is 1. The van der Waals surface area contributed by atoms with Crippen molar-refractivity contribution in [1.29, 1.82) is 0 Å². The fourth-order valence-corrected chi connectivity index (χ4v) is 5.66. The van der Waals surface area contributed by atoms with Gasteiger partial charge in [-0.1, -0.05) is 19.1 Å². The second-order valence-electron chi connectivity index (χ2n) is 8.25. The van der Waals surface area contributed by atoms with Crippen LogP contribution in [0.2, 0.25) is 0 Å². The van der Waals surface area contributed by atoms with Crippen LogP contribution in [0.15, 0.2) is 47.4 Å². The first-order valence-electron chi connectivity index (χ1n) is 11.3. The van der Waals surface area contributed by atoms with Gasteiger partial charge in [0.05, 0.1) is 23.0 Å². The summed E-state index contributed by atoms with van der Waals surface area (Å²) in [6.07, 6.45) is 0.901. The first kappa shape index (κ1) is 24.1. The lowest BCUT2D eigenvalue weighted by atomic mass is 10.1. The largest absolute Gasteiger partial charge is 0.379 e. The maximum absolute atomic E-state index is 12.9. The van der Waals surface area contributed by atoms with Gasteiger partial charge in [0.25, 0.3) is 11.6 Å². The number of rotatable bonds is 6. The summed E-state index contributed by atoms with van der Waals surface area (Å²) in [5.41, 5.74) is 1.87. The van der Waals surface area contributed by atoms with Crippen molar-refractivity contribution in [3.63, 3.8) is 0 Å². The minimum Gasteiger partial charge on any atom is -0.379 e. The summed E-state index contributed by atoms with van der Waals surface area (Å²) in [4.78, 5) is 27.6. The molecule has 0 aliphatic carbocycles. The van der Waals surface area contributed by atoms with Gasteiger partial charge < -0.3 is 14.5 Å². The lowest BCUT2D eigenvalue weighted by Crippen LogP contribution is -2.49. The van der Waals surface area contributed by atoms with Crippen LogP contribution in [0.25, 0.3) is 0 Å². The lowest BCUT2D eigenvalue weighted by Gasteiger charge is -2.36. The number of aryl methyl sites for hydroxylation is 1. The van der Waals surface area contributed by atoms with Crippen molar-refractivity contribution in [3.05, 3.63) is 63.7 Å². The Labute approximate surface area is 198 Å². The fourth-order valence-electron chi connectivity index (χ4n) is 4.23. The molecule has 2 aromatic carbocycles. The number of benzene rings is 2. The number of nitrogens with zero attached hydrogens (tertiary/aromatic N) is 4. The van der Waals surface area contributed by atoms with Crippen LogP contribution in [0.3, 0.4) is 0 Å². The summed E-state index contributed by atoms with van der Waals surface area (Å²) >= 11 is 0. The molecule has 0 atom stereocenters. The molecule has 2 aromatic rings. The van der Waals surface area contributed by atoms with E-state index in [1.165, 1.54) is 16.4 Å². The van der Waals surface area contributed by atoms with Gasteiger partial charge in [-0.15, -0.1) is 0 Å². The van der Waals surface area contributed by atoms with E-state index >= 15 is 0 Å². The Hall–Kier alpha value is -3.02. The zero-order valence-electron chi connectivity index (χ0n) is 19.1. The number of anilines is 1. The molecule has 2 aliphatic heterocycles. The van der Waals surface area contributed by atoms with E-state index < -0.39 is 14.9 Å². The Bertz CT molecular complexity index is 1150. The highest BCUT2D eigenvalue weighted by atomic mass is 32.2. The molecule has 0 unspecified atom stereocenters. The number of piperazine rings is 1. The molecule has 10 nitrogen and oxygen atoms in total. The first-order valence-corrected chi connectivity index (χ1v) is 12.7. The number of hydrogen-bond acceptors (Lipinski definition) is 7. The Kier molecular flexibility index (Phi) is 7.15. The second kappa shape index (κ2) is 10.1. The van der Waals surface area contributed by atoms with Crippen molar-refractivity contribution in [2.24, 2.45) is 0 Å². The Morgan fingerprint density at radius 3 is 2.24 bits per heavy atom. The molecular weight excluding hydrogens is 460 g/mol. The maximum atomic E-state index is 12.9. The third-order valence-corrected chi connectivity index (χ3v) is 8.16. The normalized spacial score (nSPS) is 17.6. The molecule has 2 saturated heterocycles. The predicted molar refractivity (Wildman–Crippen MR) is 127 cm³/mol. The van der Waals surface area contributed by atoms with Gasteiger partial charge in [-0.3, -0.25) is 14.9 Å². The van der Waals surface area contributed by atoms with E-state index in [1.54, 1.807) is 4.90 Å². The van der Waals surface area contributed by atoms with Crippen molar-refractivity contribution in [3.8, 4) is 0 Å². The van der Waals surface area contributed by atoms with Gasteiger partial charge in [0.1, 0.15) is 5.69 Å². The van der Waals surface area contributed by atoms with Crippen molar-refractivity contribution < 1.29 is 22.9 Å². The SMILES string of the molecule is CCc1ccc(C(=O)N2CCN(c3ccc(S(=O)(=O)N4CCOCC4)cc3[N+](=O)[O-])CC2)cc1. The van der Waals surface area contributed by atoms with Crippen molar-refractivity contribution in [1.82, 2.24) is 9.21 Å². The summed E-state index contributed by atoms with van der Waals surface area (Å²) in [6.45, 7) is 4.74. The zero-order chi connectivity index (χ0) is 24.3. The predicted octanol–water partition coefficient (Wildman–Crippen LogP) is 2.14. The van der Waals surface area contributed by atoms with Gasteiger partial charge in [-0.2, -0.15) is 4.31 Å². The van der Waals surface area contributed by atoms with Gasteiger partial charge >= 0.3 is 0 Å². The van der Waals surface area contributed by atoms with E-state index in [-0.39, 0.29) is 29.6 Å². The maximum Gasteiger partial charge on any atom is 0.293 e. The van der Waals surface area contributed by atoms with Gasteiger partial charge in [0.15, 0.2) is 0 Å². The third-order valence-electron chi connectivity index (χ3n) is 6.27. The van der Waals surface area contributed by atoms with E-state index in [2.05, 4.69) is 6.92 Å². The van der Waals surface area contributed by atoms with Crippen molar-refractivity contribution in [2.45, 2.75) is 18.2 Å². The monoisotopic (exact) mass is 488 g/mol. The third kappa shape index (κ3) is 4.91. The molecule has 0 saturated carbocycles. The summed E-state index contributed by atoms with van der Waals surface area (Å²) in [7, 11) is -3.84. The van der Waals surface area contributed by atoms with Crippen molar-refractivity contribution in [2.75, 3.05) is 57.4 Å². The number of nitro groups is 1. The Balaban J connectivity index is 1.49. The average Bonchev–Trinajstić information content (AvgIpc) is 2.88. The number of hydrogen-bond donors (Lipinski definition) is 0. The van der Waals surface area contributed by atoms with E-state index in [1.807, 2.05) is 29.2 Å². The van der Waals surface area contributed by atoms with E-state index in [0.717, 1.165) is 18.1 Å². The smallest absolute Gasteiger partial charge is 0.293 e. The minimum absolute atomic E-state index is 0.0660. The second-order valence-corrected chi connectivity index (χ2v) is 10.2. The molecule has 2 aliphatic rings. The molecule has 0 bridgehead atoms. The minimum atomic E-state index is -3.84. The number of carbonyl (C=O) groups is 1. The van der Waals surface area contributed by atoms with Crippen LogP contribution in [0, 0.1) is 10.1 Å². The fraction of sp³-hybridized carbons (Fsp3) is 0.435. The van der Waals surface area contributed by atoms with Gasteiger partial charge in [0.2, 0.25) is 10.0 Å². The molecule has 11 heteroatoms. The molecule has 2 fully saturated rings. The van der Waals surface area contributed by atoms with Crippen LogP contribution in [0.1, 0.15) is 22.8 Å². The number of amides is 1. The molecule has 0 spiro atoms. The van der Waals surface area contributed by atoms with Gasteiger partial charge in [-0.05, 0) is 36.2 Å². The van der Waals surface area contributed by atoms with Gasteiger partial charge in [0, 0.05) is 50.9 Å². The van der Waals surface area contributed by atoms with Crippen LogP contribution < -0.4 is 4.90 Å². The molecule has 34 heavy (non-hydrogen) atoms. The van der Waals surface area contributed by atoms with Crippen LogP contribution >= 0.6 is 0 Å². The molecular formula is C23H28N4O6S. The summed E-state index contributed by atoms with van der Waals surface area (Å²) in [5.74, 6) is -0.0660. The van der Waals surface area contributed by atoms with Crippen LogP contribution in [-0.4, -0.2) is 80.9 Å². The summed E-state index contributed by atoms with van der Waals surface area (Å²) < 4.78 is 32.4. The van der Waals surface area contributed by atoms with Crippen LogP contribution in [0.4, 0.5) is 11.4 Å². The zero-order valence-corrected chi connectivity index (χ0v) is 19.9. The molecule has 182 valence electrons. The number of sulfonamides is 1. The van der Waals surface area contributed by atoms with Crippen molar-refractivity contribution >= 4 is 27.3 Å². The topological polar surface area (TPSA) is 113 Å². The van der Waals surface area contributed by atoms with E-state index in [4.69, 9.17) is 4.74 Å². The highest BCUT2D eigenvalue weighted by Crippen LogP contribution is 2.32. The molecule has 4 rings (SSSR count).